The first kappa shape index (κ1) is 14.1. The van der Waals surface area contributed by atoms with Crippen LogP contribution in [-0.2, 0) is 10.0 Å². The average Bonchev–Trinajstić information content (AvgIpc) is 2.29. The lowest BCUT2D eigenvalue weighted by Crippen LogP contribution is -2.29. The fourth-order valence-electron chi connectivity index (χ4n) is 1.25. The van der Waals surface area contributed by atoms with Gasteiger partial charge in [-0.2, -0.15) is 0 Å². The van der Waals surface area contributed by atoms with E-state index in [-0.39, 0.29) is 17.5 Å². The molecule has 2 N–H and O–H groups in total. The SMILES string of the molecule is CC(C)C(O)CCNS(=O)(=O)c1ccccn1. The molecule has 17 heavy (non-hydrogen) atoms. The summed E-state index contributed by atoms with van der Waals surface area (Å²) in [4.78, 5) is 3.77. The number of nitrogens with zero attached hydrogens (tertiary/aromatic N) is 1. The molecule has 1 atom stereocenters. The number of pyridine rings is 1. The number of aliphatic hydroxyl groups is 1. The van der Waals surface area contributed by atoms with Crippen LogP contribution in [0.25, 0.3) is 0 Å². The molecule has 0 fully saturated rings. The van der Waals surface area contributed by atoms with E-state index in [1.165, 1.54) is 12.3 Å². The van der Waals surface area contributed by atoms with Crippen molar-refractivity contribution in [2.75, 3.05) is 6.54 Å². The highest BCUT2D eigenvalue weighted by Crippen LogP contribution is 2.06. The lowest BCUT2D eigenvalue weighted by Gasteiger charge is -2.14. The maximum absolute atomic E-state index is 11.7. The highest BCUT2D eigenvalue weighted by atomic mass is 32.2. The summed E-state index contributed by atoms with van der Waals surface area (Å²) in [7, 11) is -3.55. The molecule has 0 saturated carbocycles. The van der Waals surface area contributed by atoms with Crippen molar-refractivity contribution in [1.29, 1.82) is 0 Å². The summed E-state index contributed by atoms with van der Waals surface area (Å²) < 4.78 is 25.9. The van der Waals surface area contributed by atoms with Crippen molar-refractivity contribution in [3.63, 3.8) is 0 Å². The number of sulfonamides is 1. The molecule has 96 valence electrons. The van der Waals surface area contributed by atoms with Gasteiger partial charge in [0.25, 0.3) is 10.0 Å². The van der Waals surface area contributed by atoms with Gasteiger partial charge in [-0.1, -0.05) is 19.9 Å². The number of rotatable bonds is 6. The molecule has 1 unspecified atom stereocenters. The highest BCUT2D eigenvalue weighted by Gasteiger charge is 2.16. The third-order valence-corrected chi connectivity index (χ3v) is 3.79. The van der Waals surface area contributed by atoms with Crippen LogP contribution in [0.2, 0.25) is 0 Å². The smallest absolute Gasteiger partial charge is 0.258 e. The number of nitrogens with one attached hydrogen (secondary N) is 1. The highest BCUT2D eigenvalue weighted by molar-refractivity contribution is 7.89. The molecule has 5 nitrogen and oxygen atoms in total. The molecule has 0 radical (unpaired) electrons. The number of hydrogen-bond acceptors (Lipinski definition) is 4. The fraction of sp³-hybridized carbons (Fsp3) is 0.545. The Balaban J connectivity index is 2.52. The zero-order valence-electron chi connectivity index (χ0n) is 10.00. The summed E-state index contributed by atoms with van der Waals surface area (Å²) in [5.41, 5.74) is 0. The van der Waals surface area contributed by atoms with Crippen molar-refractivity contribution in [3.05, 3.63) is 24.4 Å². The molecule has 6 heteroatoms. The summed E-state index contributed by atoms with van der Waals surface area (Å²) >= 11 is 0. The molecule has 0 bridgehead atoms. The van der Waals surface area contributed by atoms with Gasteiger partial charge in [-0.15, -0.1) is 0 Å². The fourth-order valence-corrected chi connectivity index (χ4v) is 2.25. The van der Waals surface area contributed by atoms with Crippen molar-refractivity contribution in [3.8, 4) is 0 Å². The lowest BCUT2D eigenvalue weighted by atomic mass is 10.1. The normalized spacial score (nSPS) is 13.9. The average molecular weight is 258 g/mol. The summed E-state index contributed by atoms with van der Waals surface area (Å²) in [6.45, 7) is 3.98. The first-order valence-electron chi connectivity index (χ1n) is 5.52. The van der Waals surface area contributed by atoms with Gasteiger partial charge in [-0.05, 0) is 24.5 Å². The van der Waals surface area contributed by atoms with Crippen LogP contribution in [0, 0.1) is 5.92 Å². The van der Waals surface area contributed by atoms with Crippen molar-refractivity contribution < 1.29 is 13.5 Å². The van der Waals surface area contributed by atoms with Crippen molar-refractivity contribution >= 4 is 10.0 Å². The Morgan fingerprint density at radius 1 is 1.41 bits per heavy atom. The third kappa shape index (κ3) is 4.41. The second-order valence-corrected chi connectivity index (χ2v) is 5.88. The van der Waals surface area contributed by atoms with E-state index in [4.69, 9.17) is 0 Å². The Morgan fingerprint density at radius 3 is 2.65 bits per heavy atom. The van der Waals surface area contributed by atoms with Crippen LogP contribution in [0.5, 0.6) is 0 Å². The molecule has 1 aromatic heterocycles. The van der Waals surface area contributed by atoms with E-state index in [0.717, 1.165) is 0 Å². The van der Waals surface area contributed by atoms with E-state index in [0.29, 0.717) is 6.42 Å². The number of aromatic nitrogens is 1. The molecule has 0 aliphatic carbocycles. The molecule has 0 aliphatic heterocycles. The van der Waals surface area contributed by atoms with E-state index in [1.807, 2.05) is 13.8 Å². The zero-order valence-corrected chi connectivity index (χ0v) is 10.8. The van der Waals surface area contributed by atoms with Gasteiger partial charge < -0.3 is 5.11 Å². The van der Waals surface area contributed by atoms with Crippen molar-refractivity contribution in [2.45, 2.75) is 31.4 Å². The second kappa shape index (κ2) is 6.09. The summed E-state index contributed by atoms with van der Waals surface area (Å²) in [5, 5.41) is 9.54. The van der Waals surface area contributed by atoms with Gasteiger partial charge in [0.2, 0.25) is 0 Å². The minimum atomic E-state index is -3.55. The Hall–Kier alpha value is -0.980. The predicted molar refractivity (Wildman–Crippen MR) is 64.9 cm³/mol. The predicted octanol–water partition coefficient (Wildman–Crippen LogP) is 0.767. The molecular formula is C11H18N2O3S. The zero-order chi connectivity index (χ0) is 12.9. The third-order valence-electron chi connectivity index (χ3n) is 2.41. The van der Waals surface area contributed by atoms with Crippen LogP contribution in [0.1, 0.15) is 20.3 Å². The van der Waals surface area contributed by atoms with Gasteiger partial charge >= 0.3 is 0 Å². The molecular weight excluding hydrogens is 240 g/mol. The number of aliphatic hydroxyl groups excluding tert-OH is 1. The van der Waals surface area contributed by atoms with Crippen LogP contribution in [-0.4, -0.2) is 31.2 Å². The maximum Gasteiger partial charge on any atom is 0.258 e. The lowest BCUT2D eigenvalue weighted by molar-refractivity contribution is 0.118. The van der Waals surface area contributed by atoms with Crippen LogP contribution in [0.15, 0.2) is 29.4 Å². The molecule has 0 saturated heterocycles. The van der Waals surface area contributed by atoms with Gasteiger partial charge in [-0.3, -0.25) is 0 Å². The van der Waals surface area contributed by atoms with Crippen LogP contribution >= 0.6 is 0 Å². The van der Waals surface area contributed by atoms with E-state index < -0.39 is 16.1 Å². The molecule has 0 aliphatic rings. The van der Waals surface area contributed by atoms with Crippen molar-refractivity contribution in [1.82, 2.24) is 9.71 Å². The topological polar surface area (TPSA) is 79.3 Å². The first-order chi connectivity index (χ1) is 7.93. The minimum Gasteiger partial charge on any atom is -0.393 e. The van der Waals surface area contributed by atoms with Gasteiger partial charge in [0.15, 0.2) is 5.03 Å². The Morgan fingerprint density at radius 2 is 2.12 bits per heavy atom. The molecule has 0 amide bonds. The number of hydrogen-bond donors (Lipinski definition) is 2. The van der Waals surface area contributed by atoms with E-state index in [2.05, 4.69) is 9.71 Å². The molecule has 1 aromatic rings. The summed E-state index contributed by atoms with van der Waals surface area (Å²) in [6, 6.07) is 4.70. The molecule has 0 spiro atoms. The Bertz CT molecular complexity index is 431. The quantitative estimate of drug-likeness (QED) is 0.790. The van der Waals surface area contributed by atoms with Crippen LogP contribution in [0.3, 0.4) is 0 Å². The first-order valence-corrected chi connectivity index (χ1v) is 7.00. The molecule has 1 rings (SSSR count). The standard InChI is InChI=1S/C11H18N2O3S/c1-9(2)10(14)6-8-13-17(15,16)11-5-3-4-7-12-11/h3-5,7,9-10,13-14H,6,8H2,1-2H3. The van der Waals surface area contributed by atoms with Gasteiger partial charge in [-0.25, -0.2) is 18.1 Å². The van der Waals surface area contributed by atoms with Crippen LogP contribution in [0.4, 0.5) is 0 Å². The second-order valence-electron chi connectivity index (χ2n) is 4.17. The van der Waals surface area contributed by atoms with Gasteiger partial charge in [0.05, 0.1) is 6.10 Å². The molecule has 1 heterocycles. The van der Waals surface area contributed by atoms with Gasteiger partial charge in [0.1, 0.15) is 0 Å². The van der Waals surface area contributed by atoms with E-state index >= 15 is 0 Å². The van der Waals surface area contributed by atoms with Crippen molar-refractivity contribution in [2.24, 2.45) is 5.92 Å². The van der Waals surface area contributed by atoms with E-state index in [9.17, 15) is 13.5 Å². The van der Waals surface area contributed by atoms with Gasteiger partial charge in [0, 0.05) is 12.7 Å². The Labute approximate surface area is 102 Å². The van der Waals surface area contributed by atoms with Crippen LogP contribution < -0.4 is 4.72 Å². The summed E-state index contributed by atoms with van der Waals surface area (Å²) in [6.07, 6.45) is 1.32. The minimum absolute atomic E-state index is 0.000892. The van der Waals surface area contributed by atoms with E-state index in [1.54, 1.807) is 12.1 Å². The summed E-state index contributed by atoms with van der Waals surface area (Å²) in [5.74, 6) is 0.120. The Kier molecular flexibility index (Phi) is 5.04. The monoisotopic (exact) mass is 258 g/mol. The maximum atomic E-state index is 11.7. The molecule has 0 aromatic carbocycles. The largest absolute Gasteiger partial charge is 0.393 e.